The number of ether oxygens (including phenoxy) is 2. The summed E-state index contributed by atoms with van der Waals surface area (Å²) < 4.78 is 10.5. The summed E-state index contributed by atoms with van der Waals surface area (Å²) in [4.78, 5) is 14.7. The van der Waals surface area contributed by atoms with E-state index in [-0.39, 0.29) is 11.9 Å². The number of piperidine rings is 1. The second-order valence-electron chi connectivity index (χ2n) is 6.98. The highest BCUT2D eigenvalue weighted by molar-refractivity contribution is 5.92. The molecule has 0 saturated carbocycles. The molecular weight excluding hydrogens is 352 g/mol. The largest absolute Gasteiger partial charge is 0.497 e. The summed E-state index contributed by atoms with van der Waals surface area (Å²) in [6.07, 6.45) is 5.31. The lowest BCUT2D eigenvalue weighted by Crippen LogP contribution is -2.43. The van der Waals surface area contributed by atoms with Crippen molar-refractivity contribution in [1.82, 2.24) is 10.2 Å². The van der Waals surface area contributed by atoms with Crippen LogP contribution in [0.25, 0.3) is 6.08 Å². The molecule has 1 N–H and O–H groups in total. The van der Waals surface area contributed by atoms with Gasteiger partial charge in [0, 0.05) is 37.3 Å². The molecule has 3 rings (SSSR count). The van der Waals surface area contributed by atoms with Crippen molar-refractivity contribution >= 4 is 12.0 Å². The predicted molar refractivity (Wildman–Crippen MR) is 111 cm³/mol. The van der Waals surface area contributed by atoms with Crippen molar-refractivity contribution in [2.75, 3.05) is 27.3 Å². The quantitative estimate of drug-likeness (QED) is 0.747. The number of benzene rings is 2. The zero-order valence-corrected chi connectivity index (χ0v) is 16.6. The zero-order valence-electron chi connectivity index (χ0n) is 16.6. The molecule has 0 atom stereocenters. The minimum Gasteiger partial charge on any atom is -0.497 e. The van der Waals surface area contributed by atoms with Crippen molar-refractivity contribution in [3.63, 3.8) is 0 Å². The average molecular weight is 380 g/mol. The molecule has 0 unspecified atom stereocenters. The minimum absolute atomic E-state index is 0.0560. The van der Waals surface area contributed by atoms with Crippen LogP contribution >= 0.6 is 0 Å². The van der Waals surface area contributed by atoms with Gasteiger partial charge in [0.2, 0.25) is 5.91 Å². The van der Waals surface area contributed by atoms with Gasteiger partial charge in [0.05, 0.1) is 14.2 Å². The number of carbonyl (C=O) groups is 1. The van der Waals surface area contributed by atoms with Gasteiger partial charge >= 0.3 is 0 Å². The molecule has 148 valence electrons. The number of hydrogen-bond donors (Lipinski definition) is 1. The van der Waals surface area contributed by atoms with Crippen LogP contribution < -0.4 is 14.8 Å². The Kier molecular flexibility index (Phi) is 7.09. The van der Waals surface area contributed by atoms with Crippen LogP contribution in [0.2, 0.25) is 0 Å². The third-order valence-corrected chi connectivity index (χ3v) is 5.05. The normalized spacial score (nSPS) is 15.5. The molecule has 0 aliphatic carbocycles. The lowest BCUT2D eigenvalue weighted by molar-refractivity contribution is -0.117. The van der Waals surface area contributed by atoms with E-state index in [2.05, 4.69) is 22.3 Å². The molecule has 1 fully saturated rings. The van der Waals surface area contributed by atoms with Gasteiger partial charge in [-0.3, -0.25) is 9.69 Å². The van der Waals surface area contributed by atoms with Gasteiger partial charge < -0.3 is 14.8 Å². The molecular formula is C23H28N2O3. The van der Waals surface area contributed by atoms with Crippen molar-refractivity contribution in [2.45, 2.75) is 25.4 Å². The van der Waals surface area contributed by atoms with Crippen molar-refractivity contribution in [3.8, 4) is 11.5 Å². The van der Waals surface area contributed by atoms with E-state index in [1.54, 1.807) is 26.4 Å². The average Bonchev–Trinajstić information content (AvgIpc) is 2.74. The highest BCUT2D eigenvalue weighted by Gasteiger charge is 2.20. The number of carbonyl (C=O) groups excluding carboxylic acids is 1. The molecule has 1 heterocycles. The number of likely N-dealkylation sites (tertiary alicyclic amines) is 1. The van der Waals surface area contributed by atoms with Gasteiger partial charge in [-0.15, -0.1) is 0 Å². The van der Waals surface area contributed by atoms with E-state index >= 15 is 0 Å². The van der Waals surface area contributed by atoms with Crippen molar-refractivity contribution in [3.05, 3.63) is 65.7 Å². The summed E-state index contributed by atoms with van der Waals surface area (Å²) in [6, 6.07) is 16.1. The summed E-state index contributed by atoms with van der Waals surface area (Å²) in [5, 5.41) is 3.12. The Labute approximate surface area is 167 Å². The fourth-order valence-corrected chi connectivity index (χ4v) is 3.44. The van der Waals surface area contributed by atoms with E-state index in [1.807, 2.05) is 36.4 Å². The van der Waals surface area contributed by atoms with E-state index < -0.39 is 0 Å². The highest BCUT2D eigenvalue weighted by atomic mass is 16.5. The van der Waals surface area contributed by atoms with E-state index in [9.17, 15) is 4.79 Å². The second kappa shape index (κ2) is 9.95. The molecule has 2 aromatic carbocycles. The maximum Gasteiger partial charge on any atom is 0.244 e. The van der Waals surface area contributed by atoms with Crippen LogP contribution in [0.1, 0.15) is 24.0 Å². The van der Waals surface area contributed by atoms with Crippen LogP contribution in [0.15, 0.2) is 54.6 Å². The fourth-order valence-electron chi connectivity index (χ4n) is 3.44. The molecule has 28 heavy (non-hydrogen) atoms. The summed E-state index contributed by atoms with van der Waals surface area (Å²) in [6.45, 7) is 2.89. The maximum absolute atomic E-state index is 12.3. The molecule has 0 bridgehead atoms. The molecule has 2 aromatic rings. The number of amides is 1. The standard InChI is InChI=1S/C23H28N2O3/c1-27-21-10-7-18(8-11-21)17-25-15-13-20(14-16-25)24-23(26)12-9-19-5-3-4-6-22(19)28-2/h3-12,20H,13-17H2,1-2H3,(H,24,26)/b12-9+. The number of nitrogens with zero attached hydrogens (tertiary/aromatic N) is 1. The third-order valence-electron chi connectivity index (χ3n) is 5.05. The number of hydrogen-bond acceptors (Lipinski definition) is 4. The van der Waals surface area contributed by atoms with E-state index in [4.69, 9.17) is 9.47 Å². The van der Waals surface area contributed by atoms with Crippen LogP contribution in [-0.4, -0.2) is 44.2 Å². The topological polar surface area (TPSA) is 50.8 Å². The first-order valence-electron chi connectivity index (χ1n) is 9.65. The van der Waals surface area contributed by atoms with Crippen LogP contribution in [0, 0.1) is 0 Å². The highest BCUT2D eigenvalue weighted by Crippen LogP contribution is 2.19. The molecule has 1 saturated heterocycles. The van der Waals surface area contributed by atoms with Crippen LogP contribution in [0.4, 0.5) is 0 Å². The SMILES string of the molecule is COc1ccc(CN2CCC(NC(=O)/C=C/c3ccccc3OC)CC2)cc1. The first kappa shape index (κ1) is 20.0. The van der Waals surface area contributed by atoms with Gasteiger partial charge in [-0.05, 0) is 42.7 Å². The summed E-state index contributed by atoms with van der Waals surface area (Å²) >= 11 is 0. The monoisotopic (exact) mass is 380 g/mol. The molecule has 1 amide bonds. The van der Waals surface area contributed by atoms with Gasteiger partial charge in [-0.25, -0.2) is 0 Å². The van der Waals surface area contributed by atoms with Gasteiger partial charge in [0.1, 0.15) is 11.5 Å². The minimum atomic E-state index is -0.0560. The van der Waals surface area contributed by atoms with Gasteiger partial charge in [0.15, 0.2) is 0 Å². The van der Waals surface area contributed by atoms with Crippen LogP contribution in [0.3, 0.4) is 0 Å². The van der Waals surface area contributed by atoms with Crippen LogP contribution in [-0.2, 0) is 11.3 Å². The van der Waals surface area contributed by atoms with Gasteiger partial charge in [0.25, 0.3) is 0 Å². The number of rotatable bonds is 7. The molecule has 5 nitrogen and oxygen atoms in total. The Balaban J connectivity index is 1.44. The Morgan fingerprint density at radius 1 is 1.07 bits per heavy atom. The molecule has 0 radical (unpaired) electrons. The molecule has 1 aliphatic rings. The first-order valence-corrected chi connectivity index (χ1v) is 9.65. The number of nitrogens with one attached hydrogen (secondary N) is 1. The van der Waals surface area contributed by atoms with E-state index in [0.717, 1.165) is 49.5 Å². The second-order valence-corrected chi connectivity index (χ2v) is 6.98. The molecule has 1 aliphatic heterocycles. The summed E-state index contributed by atoms with van der Waals surface area (Å²) in [5.74, 6) is 1.59. The third kappa shape index (κ3) is 5.60. The molecule has 5 heteroatoms. The van der Waals surface area contributed by atoms with Crippen molar-refractivity contribution in [1.29, 1.82) is 0 Å². The lowest BCUT2D eigenvalue weighted by Gasteiger charge is -2.32. The van der Waals surface area contributed by atoms with Crippen molar-refractivity contribution in [2.24, 2.45) is 0 Å². The van der Waals surface area contributed by atoms with E-state index in [0.29, 0.717) is 0 Å². The summed E-state index contributed by atoms with van der Waals surface area (Å²) in [7, 11) is 3.31. The Hall–Kier alpha value is -2.79. The number of para-hydroxylation sites is 1. The van der Waals surface area contributed by atoms with Gasteiger partial charge in [-0.2, -0.15) is 0 Å². The summed E-state index contributed by atoms with van der Waals surface area (Å²) in [5.41, 5.74) is 2.18. The Morgan fingerprint density at radius 3 is 2.46 bits per heavy atom. The predicted octanol–water partition coefficient (Wildman–Crippen LogP) is 3.50. The van der Waals surface area contributed by atoms with Gasteiger partial charge in [-0.1, -0.05) is 30.3 Å². The lowest BCUT2D eigenvalue weighted by atomic mass is 10.0. The smallest absolute Gasteiger partial charge is 0.244 e. The van der Waals surface area contributed by atoms with E-state index in [1.165, 1.54) is 5.56 Å². The van der Waals surface area contributed by atoms with Crippen molar-refractivity contribution < 1.29 is 14.3 Å². The maximum atomic E-state index is 12.3. The Morgan fingerprint density at radius 2 is 1.79 bits per heavy atom. The zero-order chi connectivity index (χ0) is 19.8. The molecule has 0 spiro atoms. The molecule has 0 aromatic heterocycles. The number of methoxy groups -OCH3 is 2. The first-order chi connectivity index (χ1) is 13.7. The Bertz CT molecular complexity index is 794. The fraction of sp³-hybridized carbons (Fsp3) is 0.348. The van der Waals surface area contributed by atoms with Crippen LogP contribution in [0.5, 0.6) is 11.5 Å².